The highest BCUT2D eigenvalue weighted by Crippen LogP contribution is 2.33. The predicted octanol–water partition coefficient (Wildman–Crippen LogP) is 3.96. The van der Waals surface area contributed by atoms with E-state index >= 15 is 0 Å². The topological polar surface area (TPSA) is 26.0 Å². The van der Waals surface area contributed by atoms with E-state index in [1.54, 1.807) is 11.3 Å². The molecular weight excluding hydrogens is 214 g/mol. The molecule has 1 heterocycles. The molecule has 0 amide bonds. The largest absolute Gasteiger partial charge is 0.397 e. The Kier molecular flexibility index (Phi) is 2.48. The van der Waals surface area contributed by atoms with Crippen LogP contribution in [0.2, 0.25) is 5.02 Å². The van der Waals surface area contributed by atoms with Crippen LogP contribution in [-0.2, 0) is 0 Å². The minimum absolute atomic E-state index is 0.749. The number of nitrogens with two attached hydrogens (primary N) is 1. The van der Waals surface area contributed by atoms with Gasteiger partial charge in [-0.25, -0.2) is 0 Å². The molecule has 1 aromatic heterocycles. The lowest BCUT2D eigenvalue weighted by Gasteiger charge is -2.00. The minimum atomic E-state index is 0.749. The highest BCUT2D eigenvalue weighted by molar-refractivity contribution is 7.11. The van der Waals surface area contributed by atoms with Crippen LogP contribution in [0.5, 0.6) is 0 Å². The molecule has 1 aromatic carbocycles. The number of aryl methyl sites for hydroxylation is 1. The molecule has 14 heavy (non-hydrogen) atoms. The third-order valence-corrected chi connectivity index (χ3v) is 3.36. The number of rotatable bonds is 1. The molecule has 0 radical (unpaired) electrons. The van der Waals surface area contributed by atoms with E-state index in [0.717, 1.165) is 26.7 Å². The highest BCUT2D eigenvalue weighted by Gasteiger charge is 2.06. The lowest BCUT2D eigenvalue weighted by atomic mass is 10.1. The Labute approximate surface area is 92.1 Å². The molecular formula is C11H10ClNS. The summed E-state index contributed by atoms with van der Waals surface area (Å²) in [5, 5.41) is 2.83. The minimum Gasteiger partial charge on any atom is -0.397 e. The first-order valence-electron chi connectivity index (χ1n) is 4.28. The van der Waals surface area contributed by atoms with Crippen molar-refractivity contribution in [3.05, 3.63) is 39.5 Å². The number of anilines is 1. The SMILES string of the molecule is Cc1scc(-c2ccc(Cl)cc2)c1N. The summed E-state index contributed by atoms with van der Waals surface area (Å²) in [6.07, 6.45) is 0. The summed E-state index contributed by atoms with van der Waals surface area (Å²) in [7, 11) is 0. The molecule has 1 nitrogen and oxygen atoms in total. The van der Waals surface area contributed by atoms with Crippen LogP contribution in [0.1, 0.15) is 4.88 Å². The van der Waals surface area contributed by atoms with Crippen molar-refractivity contribution in [2.75, 3.05) is 5.73 Å². The van der Waals surface area contributed by atoms with Gasteiger partial charge in [0.2, 0.25) is 0 Å². The summed E-state index contributed by atoms with van der Waals surface area (Å²) in [6, 6.07) is 7.73. The third kappa shape index (κ3) is 1.63. The number of hydrogen-bond acceptors (Lipinski definition) is 2. The fraction of sp³-hybridized carbons (Fsp3) is 0.0909. The van der Waals surface area contributed by atoms with Gasteiger partial charge in [0.05, 0.1) is 5.69 Å². The first kappa shape index (κ1) is 9.56. The zero-order valence-corrected chi connectivity index (χ0v) is 9.32. The predicted molar refractivity (Wildman–Crippen MR) is 63.9 cm³/mol. The van der Waals surface area contributed by atoms with Gasteiger partial charge in [-0.2, -0.15) is 0 Å². The van der Waals surface area contributed by atoms with Gasteiger partial charge in [0.1, 0.15) is 0 Å². The second-order valence-corrected chi connectivity index (χ2v) is 4.65. The zero-order valence-electron chi connectivity index (χ0n) is 7.75. The van der Waals surface area contributed by atoms with Gasteiger partial charge < -0.3 is 5.73 Å². The van der Waals surface area contributed by atoms with Crippen LogP contribution in [0.3, 0.4) is 0 Å². The normalized spacial score (nSPS) is 10.4. The Morgan fingerprint density at radius 3 is 2.36 bits per heavy atom. The monoisotopic (exact) mass is 223 g/mol. The van der Waals surface area contributed by atoms with Crippen LogP contribution in [0.4, 0.5) is 5.69 Å². The molecule has 0 unspecified atom stereocenters. The Hall–Kier alpha value is -0.990. The van der Waals surface area contributed by atoms with E-state index in [2.05, 4.69) is 5.38 Å². The van der Waals surface area contributed by atoms with Gasteiger partial charge >= 0.3 is 0 Å². The Morgan fingerprint density at radius 1 is 1.21 bits per heavy atom. The van der Waals surface area contributed by atoms with E-state index in [-0.39, 0.29) is 0 Å². The van der Waals surface area contributed by atoms with Crippen LogP contribution >= 0.6 is 22.9 Å². The van der Waals surface area contributed by atoms with Crippen LogP contribution in [0.15, 0.2) is 29.6 Å². The smallest absolute Gasteiger partial charge is 0.0532 e. The first-order chi connectivity index (χ1) is 6.68. The molecule has 0 saturated heterocycles. The molecule has 2 aromatic rings. The van der Waals surface area contributed by atoms with Crippen LogP contribution < -0.4 is 5.73 Å². The summed E-state index contributed by atoms with van der Waals surface area (Å²) in [6.45, 7) is 2.03. The maximum Gasteiger partial charge on any atom is 0.0532 e. The Balaban J connectivity index is 2.49. The fourth-order valence-corrected chi connectivity index (χ4v) is 2.24. The molecule has 0 atom stereocenters. The number of benzene rings is 1. The number of nitrogen functional groups attached to an aromatic ring is 1. The van der Waals surface area contributed by atoms with Gasteiger partial charge in [-0.15, -0.1) is 11.3 Å². The van der Waals surface area contributed by atoms with Gasteiger partial charge in [-0.1, -0.05) is 23.7 Å². The molecule has 2 rings (SSSR count). The summed E-state index contributed by atoms with van der Waals surface area (Å²) in [5.74, 6) is 0. The average Bonchev–Trinajstić information content (AvgIpc) is 2.50. The average molecular weight is 224 g/mol. The van der Waals surface area contributed by atoms with Crippen molar-refractivity contribution in [1.82, 2.24) is 0 Å². The second kappa shape index (κ2) is 3.64. The lowest BCUT2D eigenvalue weighted by Crippen LogP contribution is -1.86. The second-order valence-electron chi connectivity index (χ2n) is 3.13. The van der Waals surface area contributed by atoms with Crippen LogP contribution in [0.25, 0.3) is 11.1 Å². The lowest BCUT2D eigenvalue weighted by molar-refractivity contribution is 1.60. The standard InChI is InChI=1S/C11H10ClNS/c1-7-11(13)10(6-14-7)8-2-4-9(12)5-3-8/h2-6H,13H2,1H3. The molecule has 0 aliphatic carbocycles. The van der Waals surface area contributed by atoms with Crippen molar-refractivity contribution in [2.45, 2.75) is 6.92 Å². The molecule has 2 N–H and O–H groups in total. The van der Waals surface area contributed by atoms with Gasteiger partial charge in [0.15, 0.2) is 0 Å². The summed E-state index contributed by atoms with van der Waals surface area (Å²) < 4.78 is 0. The van der Waals surface area contributed by atoms with Crippen molar-refractivity contribution in [1.29, 1.82) is 0 Å². The molecule has 0 saturated carbocycles. The molecule has 0 aliphatic heterocycles. The van der Waals surface area contributed by atoms with Crippen molar-refractivity contribution < 1.29 is 0 Å². The highest BCUT2D eigenvalue weighted by atomic mass is 35.5. The molecule has 0 aliphatic rings. The van der Waals surface area contributed by atoms with E-state index in [0.29, 0.717) is 0 Å². The Morgan fingerprint density at radius 2 is 1.86 bits per heavy atom. The van der Waals surface area contributed by atoms with Crippen molar-refractivity contribution in [2.24, 2.45) is 0 Å². The van der Waals surface area contributed by atoms with E-state index in [1.165, 1.54) is 0 Å². The van der Waals surface area contributed by atoms with E-state index < -0.39 is 0 Å². The Bertz CT molecular complexity index is 445. The fourth-order valence-electron chi connectivity index (χ4n) is 1.32. The third-order valence-electron chi connectivity index (χ3n) is 2.18. The van der Waals surface area contributed by atoms with E-state index in [9.17, 15) is 0 Å². The van der Waals surface area contributed by atoms with E-state index in [4.69, 9.17) is 17.3 Å². The summed E-state index contributed by atoms with van der Waals surface area (Å²) >= 11 is 7.49. The zero-order chi connectivity index (χ0) is 10.1. The van der Waals surface area contributed by atoms with Gasteiger partial charge in [-0.05, 0) is 24.6 Å². The molecule has 0 spiro atoms. The van der Waals surface area contributed by atoms with Crippen LogP contribution in [-0.4, -0.2) is 0 Å². The van der Waals surface area contributed by atoms with Gasteiger partial charge in [0.25, 0.3) is 0 Å². The molecule has 72 valence electrons. The quantitative estimate of drug-likeness (QED) is 0.778. The number of hydrogen-bond donors (Lipinski definition) is 1. The van der Waals surface area contributed by atoms with Gasteiger partial charge in [0, 0.05) is 20.8 Å². The van der Waals surface area contributed by atoms with Gasteiger partial charge in [-0.3, -0.25) is 0 Å². The van der Waals surface area contributed by atoms with Crippen molar-refractivity contribution in [3.8, 4) is 11.1 Å². The summed E-state index contributed by atoms with van der Waals surface area (Å²) in [5.41, 5.74) is 9.05. The van der Waals surface area contributed by atoms with Crippen molar-refractivity contribution in [3.63, 3.8) is 0 Å². The number of thiophene rings is 1. The first-order valence-corrected chi connectivity index (χ1v) is 5.54. The van der Waals surface area contributed by atoms with Crippen LogP contribution in [0, 0.1) is 6.92 Å². The van der Waals surface area contributed by atoms with E-state index in [1.807, 2.05) is 31.2 Å². The maximum absolute atomic E-state index is 5.95. The molecule has 3 heteroatoms. The summed E-state index contributed by atoms with van der Waals surface area (Å²) in [4.78, 5) is 1.16. The van der Waals surface area contributed by atoms with Crippen molar-refractivity contribution >= 4 is 28.6 Å². The maximum atomic E-state index is 5.95. The number of halogens is 1. The molecule has 0 bridgehead atoms. The molecule has 0 fully saturated rings.